The monoisotopic (exact) mass is 203 g/mol. The third-order valence-electron chi connectivity index (χ3n) is 2.89. The Labute approximate surface area is 83.7 Å². The maximum absolute atomic E-state index is 11.8. The summed E-state index contributed by atoms with van der Waals surface area (Å²) >= 11 is 0. The summed E-state index contributed by atoms with van der Waals surface area (Å²) in [5.41, 5.74) is 5.89. The predicted octanol–water partition coefficient (Wildman–Crippen LogP) is 1.66. The maximum atomic E-state index is 11.8. The maximum Gasteiger partial charge on any atom is 0.0391 e. The van der Waals surface area contributed by atoms with Crippen LogP contribution in [0.5, 0.6) is 0 Å². The first-order valence-corrected chi connectivity index (χ1v) is 6.62. The molecule has 1 aliphatic carbocycles. The minimum atomic E-state index is -0.671. The molecule has 0 aromatic rings. The molecule has 1 rings (SSSR count). The number of hydrogen-bond donors (Lipinski definition) is 1. The van der Waals surface area contributed by atoms with Gasteiger partial charge < -0.3 is 5.73 Å². The van der Waals surface area contributed by atoms with Crippen molar-refractivity contribution in [2.45, 2.75) is 50.8 Å². The van der Waals surface area contributed by atoms with Crippen molar-refractivity contribution in [3.05, 3.63) is 0 Å². The molecule has 0 aliphatic heterocycles. The van der Waals surface area contributed by atoms with Gasteiger partial charge in [0.2, 0.25) is 0 Å². The van der Waals surface area contributed by atoms with Crippen LogP contribution >= 0.6 is 0 Å². The van der Waals surface area contributed by atoms with Crippen molar-refractivity contribution >= 4 is 10.8 Å². The lowest BCUT2D eigenvalue weighted by atomic mass is 10.1. The summed E-state index contributed by atoms with van der Waals surface area (Å²) in [5, 5.41) is 0.449. The van der Waals surface area contributed by atoms with E-state index < -0.39 is 10.8 Å². The summed E-state index contributed by atoms with van der Waals surface area (Å²) in [6.07, 6.45) is 4.81. The van der Waals surface area contributed by atoms with Gasteiger partial charge in [0, 0.05) is 27.8 Å². The van der Waals surface area contributed by atoms with Crippen molar-refractivity contribution < 1.29 is 4.21 Å². The van der Waals surface area contributed by atoms with E-state index in [9.17, 15) is 4.21 Å². The minimum Gasteiger partial charge on any atom is -0.327 e. The van der Waals surface area contributed by atoms with Crippen LogP contribution in [0, 0.1) is 5.92 Å². The molecule has 1 aliphatic rings. The van der Waals surface area contributed by atoms with Gasteiger partial charge >= 0.3 is 0 Å². The third kappa shape index (κ3) is 3.39. The summed E-state index contributed by atoms with van der Waals surface area (Å²) in [6, 6.07) is 0.112. The molecule has 78 valence electrons. The van der Waals surface area contributed by atoms with Gasteiger partial charge in [-0.05, 0) is 18.8 Å². The molecule has 0 saturated heterocycles. The Balaban J connectivity index is 2.31. The second kappa shape index (κ2) is 5.11. The quantitative estimate of drug-likeness (QED) is 0.755. The number of hydrogen-bond acceptors (Lipinski definition) is 2. The predicted molar refractivity (Wildman–Crippen MR) is 58.1 cm³/mol. The molecule has 0 heterocycles. The molecule has 2 nitrogen and oxygen atoms in total. The highest BCUT2D eigenvalue weighted by Gasteiger charge is 2.23. The zero-order valence-electron chi connectivity index (χ0n) is 8.66. The van der Waals surface area contributed by atoms with Crippen LogP contribution in [-0.4, -0.2) is 21.3 Å². The Morgan fingerprint density at radius 3 is 2.38 bits per heavy atom. The van der Waals surface area contributed by atoms with Gasteiger partial charge in [0.1, 0.15) is 0 Å². The average Bonchev–Trinajstić information content (AvgIpc) is 2.55. The lowest BCUT2D eigenvalue weighted by Gasteiger charge is -2.17. The van der Waals surface area contributed by atoms with Gasteiger partial charge in [0.05, 0.1) is 0 Å². The summed E-state index contributed by atoms with van der Waals surface area (Å²) in [4.78, 5) is 0. The van der Waals surface area contributed by atoms with Gasteiger partial charge in [-0.3, -0.25) is 4.21 Å². The van der Waals surface area contributed by atoms with E-state index in [4.69, 9.17) is 5.73 Å². The molecule has 1 saturated carbocycles. The van der Waals surface area contributed by atoms with E-state index in [1.807, 2.05) is 0 Å². The van der Waals surface area contributed by atoms with Crippen molar-refractivity contribution in [3.63, 3.8) is 0 Å². The normalized spacial score (nSPS) is 23.7. The van der Waals surface area contributed by atoms with E-state index in [2.05, 4.69) is 13.8 Å². The highest BCUT2D eigenvalue weighted by atomic mass is 32.2. The van der Waals surface area contributed by atoms with Crippen LogP contribution in [0.4, 0.5) is 0 Å². The van der Waals surface area contributed by atoms with Gasteiger partial charge in [-0.15, -0.1) is 0 Å². The lowest BCUT2D eigenvalue weighted by Crippen LogP contribution is -2.34. The largest absolute Gasteiger partial charge is 0.327 e. The first kappa shape index (κ1) is 11.2. The van der Waals surface area contributed by atoms with Gasteiger partial charge in [-0.1, -0.05) is 26.7 Å². The Hall–Kier alpha value is 0.110. The first-order valence-electron chi connectivity index (χ1n) is 5.24. The van der Waals surface area contributed by atoms with Crippen LogP contribution in [-0.2, 0) is 10.8 Å². The van der Waals surface area contributed by atoms with Gasteiger partial charge in [0.25, 0.3) is 0 Å². The molecule has 1 fully saturated rings. The summed E-state index contributed by atoms with van der Waals surface area (Å²) < 4.78 is 11.8. The minimum absolute atomic E-state index is 0.112. The fourth-order valence-corrected chi connectivity index (χ4v) is 3.56. The van der Waals surface area contributed by atoms with Crippen molar-refractivity contribution in [3.8, 4) is 0 Å². The highest BCUT2D eigenvalue weighted by Crippen LogP contribution is 2.23. The average molecular weight is 203 g/mol. The summed E-state index contributed by atoms with van der Waals surface area (Å²) in [7, 11) is -0.671. The van der Waals surface area contributed by atoms with E-state index in [0.29, 0.717) is 16.9 Å². The second-order valence-electron chi connectivity index (χ2n) is 4.36. The lowest BCUT2D eigenvalue weighted by molar-refractivity contribution is 0.528. The van der Waals surface area contributed by atoms with E-state index in [1.165, 1.54) is 12.8 Å². The Morgan fingerprint density at radius 1 is 1.38 bits per heavy atom. The zero-order valence-corrected chi connectivity index (χ0v) is 9.48. The third-order valence-corrected chi connectivity index (χ3v) is 4.82. The van der Waals surface area contributed by atoms with Crippen LogP contribution < -0.4 is 5.73 Å². The SMILES string of the molecule is CC(C)C(N)CS(=O)C1CCCC1. The van der Waals surface area contributed by atoms with E-state index in [0.717, 1.165) is 12.8 Å². The Kier molecular flexibility index (Phi) is 4.39. The van der Waals surface area contributed by atoms with Crippen LogP contribution in [0.1, 0.15) is 39.5 Å². The molecule has 0 aromatic carbocycles. The molecule has 2 atom stereocenters. The number of rotatable bonds is 4. The van der Waals surface area contributed by atoms with Crippen molar-refractivity contribution in [2.24, 2.45) is 11.7 Å². The summed E-state index contributed by atoms with van der Waals surface area (Å²) in [5.74, 6) is 1.15. The van der Waals surface area contributed by atoms with E-state index in [-0.39, 0.29) is 6.04 Å². The Bertz CT molecular complexity index is 176. The van der Waals surface area contributed by atoms with Crippen LogP contribution in [0.2, 0.25) is 0 Å². The van der Waals surface area contributed by atoms with Crippen LogP contribution in [0.3, 0.4) is 0 Å². The molecule has 0 bridgehead atoms. The molecule has 2 N–H and O–H groups in total. The van der Waals surface area contributed by atoms with Crippen molar-refractivity contribution in [1.29, 1.82) is 0 Å². The van der Waals surface area contributed by atoms with Gasteiger partial charge in [-0.25, -0.2) is 0 Å². The molecular weight excluding hydrogens is 182 g/mol. The second-order valence-corrected chi connectivity index (χ2v) is 6.12. The van der Waals surface area contributed by atoms with Gasteiger partial charge in [0.15, 0.2) is 0 Å². The Morgan fingerprint density at radius 2 is 1.92 bits per heavy atom. The van der Waals surface area contributed by atoms with E-state index >= 15 is 0 Å². The number of nitrogens with two attached hydrogens (primary N) is 1. The molecule has 0 spiro atoms. The topological polar surface area (TPSA) is 43.1 Å². The fourth-order valence-electron chi connectivity index (χ4n) is 1.67. The van der Waals surface area contributed by atoms with Crippen molar-refractivity contribution in [2.75, 3.05) is 5.75 Å². The molecule has 2 unspecified atom stereocenters. The molecule has 0 radical (unpaired) electrons. The van der Waals surface area contributed by atoms with Gasteiger partial charge in [-0.2, -0.15) is 0 Å². The molecular formula is C10H21NOS. The molecule has 0 amide bonds. The first-order chi connectivity index (χ1) is 6.11. The van der Waals surface area contributed by atoms with Crippen LogP contribution in [0.25, 0.3) is 0 Å². The fraction of sp³-hybridized carbons (Fsp3) is 1.00. The molecule has 0 aromatic heterocycles. The summed E-state index contributed by atoms with van der Waals surface area (Å²) in [6.45, 7) is 4.19. The molecule has 3 heteroatoms. The standard InChI is InChI=1S/C10H21NOS/c1-8(2)10(11)7-13(12)9-5-3-4-6-9/h8-10H,3-7,11H2,1-2H3. The van der Waals surface area contributed by atoms with E-state index in [1.54, 1.807) is 0 Å². The smallest absolute Gasteiger partial charge is 0.0391 e. The zero-order chi connectivity index (χ0) is 9.84. The van der Waals surface area contributed by atoms with Crippen molar-refractivity contribution in [1.82, 2.24) is 0 Å². The van der Waals surface area contributed by atoms with Crippen LogP contribution in [0.15, 0.2) is 0 Å². The highest BCUT2D eigenvalue weighted by molar-refractivity contribution is 7.85. The molecule has 13 heavy (non-hydrogen) atoms.